The lowest BCUT2D eigenvalue weighted by molar-refractivity contribution is -0.129. The highest BCUT2D eigenvalue weighted by Gasteiger charge is 2.27. The number of hydrogen-bond acceptors (Lipinski definition) is 5. The molecule has 2 amide bonds. The molecule has 1 aromatic rings. The van der Waals surface area contributed by atoms with Gasteiger partial charge in [0.05, 0.1) is 11.6 Å². The average Bonchev–Trinajstić information content (AvgIpc) is 2.42. The third-order valence-electron chi connectivity index (χ3n) is 2.95. The van der Waals surface area contributed by atoms with Crippen molar-refractivity contribution in [2.75, 3.05) is 0 Å². The van der Waals surface area contributed by atoms with Crippen LogP contribution in [0.1, 0.15) is 56.8 Å². The monoisotopic (exact) mass is 294 g/mol. The van der Waals surface area contributed by atoms with Crippen LogP contribution in [0.25, 0.3) is 0 Å². The van der Waals surface area contributed by atoms with Crippen LogP contribution < -0.4 is 10.8 Å². The molecule has 0 saturated heterocycles. The molecule has 1 atom stereocenters. The van der Waals surface area contributed by atoms with Crippen molar-refractivity contribution in [3.8, 4) is 0 Å². The summed E-state index contributed by atoms with van der Waals surface area (Å²) < 4.78 is 0. The van der Waals surface area contributed by atoms with E-state index in [0.29, 0.717) is 5.82 Å². The first kappa shape index (κ1) is 17.0. The summed E-state index contributed by atoms with van der Waals surface area (Å²) in [5.41, 5.74) is 1.15. The van der Waals surface area contributed by atoms with Crippen LogP contribution in [0.15, 0.2) is 12.4 Å². The van der Waals surface area contributed by atoms with Gasteiger partial charge in [-0.05, 0) is 5.92 Å². The predicted octanol–water partition coefficient (Wildman–Crippen LogP) is 1.45. The lowest BCUT2D eigenvalue weighted by Crippen LogP contribution is -2.40. The van der Waals surface area contributed by atoms with Crippen molar-refractivity contribution in [3.63, 3.8) is 0 Å². The molecular weight excluding hydrogens is 272 g/mol. The van der Waals surface area contributed by atoms with E-state index in [1.807, 2.05) is 34.6 Å². The van der Waals surface area contributed by atoms with Gasteiger partial charge >= 0.3 is 0 Å². The van der Waals surface area contributed by atoms with Crippen LogP contribution in [0, 0.1) is 11.3 Å². The molecule has 0 unspecified atom stereocenters. The maximum atomic E-state index is 12.1. The second-order valence-corrected chi connectivity index (χ2v) is 6.22. The molecule has 0 bridgehead atoms. The first-order valence-electron chi connectivity index (χ1n) is 6.74. The number of carbonyl (C=O) groups excluding carboxylic acids is 2. The second-order valence-electron chi connectivity index (χ2n) is 6.22. The van der Waals surface area contributed by atoms with Gasteiger partial charge in [-0.15, -0.1) is 0 Å². The van der Waals surface area contributed by atoms with Crippen molar-refractivity contribution < 1.29 is 14.8 Å². The van der Waals surface area contributed by atoms with Crippen LogP contribution in [-0.2, 0) is 4.79 Å². The van der Waals surface area contributed by atoms with Crippen LogP contribution in [0.5, 0.6) is 0 Å². The third-order valence-corrected chi connectivity index (χ3v) is 2.95. The van der Waals surface area contributed by atoms with E-state index < -0.39 is 11.3 Å². The Kier molecular flexibility index (Phi) is 5.37. The van der Waals surface area contributed by atoms with Crippen molar-refractivity contribution in [1.82, 2.24) is 20.8 Å². The van der Waals surface area contributed by atoms with Gasteiger partial charge in [-0.2, -0.15) is 0 Å². The smallest absolute Gasteiger partial charge is 0.277 e. The van der Waals surface area contributed by atoms with Crippen LogP contribution in [-0.4, -0.2) is 27.0 Å². The Labute approximate surface area is 124 Å². The van der Waals surface area contributed by atoms with Crippen molar-refractivity contribution in [3.05, 3.63) is 23.8 Å². The zero-order valence-electron chi connectivity index (χ0n) is 13.0. The summed E-state index contributed by atoms with van der Waals surface area (Å²) in [5, 5.41) is 11.5. The van der Waals surface area contributed by atoms with Crippen molar-refractivity contribution in [2.24, 2.45) is 11.3 Å². The maximum absolute atomic E-state index is 12.1. The van der Waals surface area contributed by atoms with Gasteiger partial charge in [0.25, 0.3) is 5.91 Å². The Hall–Kier alpha value is -2.02. The number of nitrogens with one attached hydrogen (secondary N) is 2. The van der Waals surface area contributed by atoms with E-state index in [4.69, 9.17) is 5.21 Å². The van der Waals surface area contributed by atoms with Crippen LogP contribution in [0.2, 0.25) is 0 Å². The number of nitrogens with zero attached hydrogens (tertiary/aromatic N) is 2. The molecule has 0 radical (unpaired) electrons. The summed E-state index contributed by atoms with van der Waals surface area (Å²) >= 11 is 0. The minimum absolute atomic E-state index is 0.0915. The Morgan fingerprint density at radius 1 is 1.19 bits per heavy atom. The molecule has 1 rings (SSSR count). The van der Waals surface area contributed by atoms with Gasteiger partial charge in [0, 0.05) is 17.8 Å². The van der Waals surface area contributed by atoms with E-state index in [2.05, 4.69) is 15.3 Å². The van der Waals surface area contributed by atoms with Crippen LogP contribution in [0.3, 0.4) is 0 Å². The van der Waals surface area contributed by atoms with E-state index in [1.54, 1.807) is 0 Å². The Balaban J connectivity index is 2.96. The molecule has 3 N–H and O–H groups in total. The highest BCUT2D eigenvalue weighted by Crippen LogP contribution is 2.21. The summed E-state index contributed by atoms with van der Waals surface area (Å²) in [6.45, 7) is 9.39. The number of amides is 2. The van der Waals surface area contributed by atoms with Gasteiger partial charge in [0.15, 0.2) is 5.82 Å². The van der Waals surface area contributed by atoms with E-state index in [1.165, 1.54) is 17.9 Å². The quantitative estimate of drug-likeness (QED) is 0.576. The minimum Gasteiger partial charge on any atom is -0.345 e. The van der Waals surface area contributed by atoms with Crippen molar-refractivity contribution in [2.45, 2.75) is 40.7 Å². The summed E-state index contributed by atoms with van der Waals surface area (Å²) in [6.07, 6.45) is 2.62. The Bertz CT molecular complexity index is 506. The molecular formula is C14H22N4O3. The van der Waals surface area contributed by atoms with E-state index in [9.17, 15) is 9.59 Å². The number of carbonyl (C=O) groups is 2. The molecule has 0 aliphatic heterocycles. The maximum Gasteiger partial charge on any atom is 0.277 e. The average molecular weight is 294 g/mol. The van der Waals surface area contributed by atoms with Crippen LogP contribution >= 0.6 is 0 Å². The number of rotatable bonds is 4. The Morgan fingerprint density at radius 2 is 1.71 bits per heavy atom. The lowest BCUT2D eigenvalue weighted by Gasteiger charge is -2.25. The van der Waals surface area contributed by atoms with Crippen molar-refractivity contribution >= 4 is 11.8 Å². The number of hydroxylamine groups is 1. The molecule has 7 nitrogen and oxygen atoms in total. The fourth-order valence-electron chi connectivity index (χ4n) is 1.57. The topological polar surface area (TPSA) is 104 Å². The second kappa shape index (κ2) is 6.62. The largest absolute Gasteiger partial charge is 0.345 e. The zero-order chi connectivity index (χ0) is 16.2. The molecule has 116 valence electrons. The van der Waals surface area contributed by atoms with Crippen LogP contribution in [0.4, 0.5) is 0 Å². The van der Waals surface area contributed by atoms with Crippen molar-refractivity contribution in [1.29, 1.82) is 0 Å². The molecule has 0 spiro atoms. The molecule has 0 aliphatic carbocycles. The lowest BCUT2D eigenvalue weighted by atomic mass is 9.93. The molecule has 7 heteroatoms. The third kappa shape index (κ3) is 4.49. The molecule has 0 aromatic carbocycles. The summed E-state index contributed by atoms with van der Waals surface area (Å²) in [4.78, 5) is 31.6. The summed E-state index contributed by atoms with van der Waals surface area (Å²) in [5.74, 6) is -0.255. The van der Waals surface area contributed by atoms with Gasteiger partial charge in [-0.25, -0.2) is 15.4 Å². The molecule has 1 aromatic heterocycles. The molecule has 0 fully saturated rings. The zero-order valence-corrected chi connectivity index (χ0v) is 13.0. The van der Waals surface area contributed by atoms with Gasteiger partial charge in [0.2, 0.25) is 5.91 Å². The fraction of sp³-hybridized carbons (Fsp3) is 0.571. The van der Waals surface area contributed by atoms with Gasteiger partial charge in [0.1, 0.15) is 0 Å². The normalized spacial score (nSPS) is 12.9. The van der Waals surface area contributed by atoms with Gasteiger partial charge in [-0.1, -0.05) is 34.6 Å². The summed E-state index contributed by atoms with van der Waals surface area (Å²) in [7, 11) is 0. The summed E-state index contributed by atoms with van der Waals surface area (Å²) in [6, 6.07) is -0.344. The molecule has 0 aliphatic rings. The van der Waals surface area contributed by atoms with E-state index in [-0.39, 0.29) is 23.4 Å². The highest BCUT2D eigenvalue weighted by molar-refractivity contribution is 5.92. The Morgan fingerprint density at radius 3 is 2.10 bits per heavy atom. The molecule has 1 heterocycles. The van der Waals surface area contributed by atoms with Gasteiger partial charge in [-0.3, -0.25) is 14.8 Å². The van der Waals surface area contributed by atoms with E-state index >= 15 is 0 Å². The fourth-order valence-corrected chi connectivity index (χ4v) is 1.57. The SMILES string of the molecule is CC(C)[C@H](NC(=O)C(C)(C)C)c1ncc(C(=O)NO)cn1. The highest BCUT2D eigenvalue weighted by atomic mass is 16.5. The number of hydrogen-bond donors (Lipinski definition) is 3. The standard InChI is InChI=1S/C14H22N4O3/c1-8(2)10(17-13(20)14(3,4)5)11-15-6-9(7-16-11)12(19)18-21/h6-8,10,21H,1-5H3,(H,17,20)(H,18,19)/t10-/m0/s1. The predicted molar refractivity (Wildman–Crippen MR) is 76.5 cm³/mol. The molecule has 21 heavy (non-hydrogen) atoms. The molecule has 0 saturated carbocycles. The minimum atomic E-state index is -0.679. The first-order valence-corrected chi connectivity index (χ1v) is 6.74. The number of aromatic nitrogens is 2. The first-order chi connectivity index (χ1) is 9.66. The van der Waals surface area contributed by atoms with Gasteiger partial charge < -0.3 is 5.32 Å². The van der Waals surface area contributed by atoms with E-state index in [0.717, 1.165) is 0 Å².